The van der Waals surface area contributed by atoms with Crippen LogP contribution in [0.5, 0.6) is 11.5 Å². The molecule has 0 atom stereocenters. The number of anilines is 1. The summed E-state index contributed by atoms with van der Waals surface area (Å²) in [6.07, 6.45) is 0. The second kappa shape index (κ2) is 10.5. The van der Waals surface area contributed by atoms with Gasteiger partial charge in [-0.25, -0.2) is 0 Å². The van der Waals surface area contributed by atoms with Crippen molar-refractivity contribution in [2.75, 3.05) is 11.9 Å². The predicted molar refractivity (Wildman–Crippen MR) is 127 cm³/mol. The summed E-state index contributed by atoms with van der Waals surface area (Å²) in [6, 6.07) is 17.9. The minimum atomic E-state index is -0.420. The molecule has 0 aliphatic rings. The lowest BCUT2D eigenvalue weighted by molar-refractivity contribution is -0.384. The molecule has 156 valence electrons. The van der Waals surface area contributed by atoms with Crippen LogP contribution in [0.3, 0.4) is 0 Å². The summed E-state index contributed by atoms with van der Waals surface area (Å²) in [7, 11) is 0. The van der Waals surface area contributed by atoms with Gasteiger partial charge in [-0.3, -0.25) is 10.1 Å². The molecule has 0 aliphatic carbocycles. The standard InChI is InChI=1S/C22H20ClIN2O4/c1-2-29-21-12-16(13-25-20-6-4-3-5-18(20)23)11-19(24)22(21)30-14-15-7-9-17(10-8-15)26(27)28/h3-12,25H,2,13-14H2,1H3. The fourth-order valence-corrected chi connectivity index (χ4v) is 3.82. The molecule has 3 aromatic carbocycles. The maximum Gasteiger partial charge on any atom is 0.269 e. The lowest BCUT2D eigenvalue weighted by Gasteiger charge is -2.16. The van der Waals surface area contributed by atoms with E-state index >= 15 is 0 Å². The van der Waals surface area contributed by atoms with Crippen LogP contribution in [0, 0.1) is 13.7 Å². The largest absolute Gasteiger partial charge is 0.490 e. The van der Waals surface area contributed by atoms with E-state index in [2.05, 4.69) is 27.9 Å². The van der Waals surface area contributed by atoms with E-state index in [1.165, 1.54) is 12.1 Å². The summed E-state index contributed by atoms with van der Waals surface area (Å²) in [6.45, 7) is 3.29. The predicted octanol–water partition coefficient (Wildman–Crippen LogP) is 6.44. The molecule has 3 rings (SSSR count). The van der Waals surface area contributed by atoms with E-state index in [1.807, 2.05) is 43.3 Å². The number of hydrogen-bond donors (Lipinski definition) is 1. The van der Waals surface area contributed by atoms with Gasteiger partial charge in [0, 0.05) is 18.7 Å². The second-order valence-corrected chi connectivity index (χ2v) is 7.95. The Hall–Kier alpha value is -2.52. The first-order valence-corrected chi connectivity index (χ1v) is 10.7. The molecule has 0 bridgehead atoms. The van der Waals surface area contributed by atoms with Crippen molar-refractivity contribution in [1.82, 2.24) is 0 Å². The van der Waals surface area contributed by atoms with Crippen molar-refractivity contribution < 1.29 is 14.4 Å². The molecule has 0 heterocycles. The second-order valence-electron chi connectivity index (χ2n) is 6.38. The molecule has 0 saturated carbocycles. The van der Waals surface area contributed by atoms with E-state index in [1.54, 1.807) is 12.1 Å². The van der Waals surface area contributed by atoms with Gasteiger partial charge < -0.3 is 14.8 Å². The molecule has 0 fully saturated rings. The highest BCUT2D eigenvalue weighted by molar-refractivity contribution is 14.1. The van der Waals surface area contributed by atoms with Crippen molar-refractivity contribution in [2.45, 2.75) is 20.1 Å². The van der Waals surface area contributed by atoms with Gasteiger partial charge in [-0.1, -0.05) is 23.7 Å². The van der Waals surface area contributed by atoms with Gasteiger partial charge in [-0.15, -0.1) is 0 Å². The maximum atomic E-state index is 10.8. The Morgan fingerprint density at radius 3 is 2.47 bits per heavy atom. The van der Waals surface area contributed by atoms with E-state index in [4.69, 9.17) is 21.1 Å². The van der Waals surface area contributed by atoms with Crippen LogP contribution in [0.4, 0.5) is 11.4 Å². The summed E-state index contributed by atoms with van der Waals surface area (Å²) in [5, 5.41) is 14.8. The minimum absolute atomic E-state index is 0.0544. The Labute approximate surface area is 193 Å². The smallest absolute Gasteiger partial charge is 0.269 e. The number of ether oxygens (including phenoxy) is 2. The summed E-state index contributed by atoms with van der Waals surface area (Å²) in [5.41, 5.74) is 2.79. The van der Waals surface area contributed by atoms with Gasteiger partial charge in [0.1, 0.15) is 6.61 Å². The lowest BCUT2D eigenvalue weighted by atomic mass is 10.2. The SMILES string of the molecule is CCOc1cc(CNc2ccccc2Cl)cc(I)c1OCc1ccc([N+](=O)[O-])cc1. The van der Waals surface area contributed by atoms with Gasteiger partial charge in [0.25, 0.3) is 5.69 Å². The quantitative estimate of drug-likeness (QED) is 0.193. The number of halogens is 2. The zero-order valence-corrected chi connectivity index (χ0v) is 19.1. The molecular formula is C22H20ClIN2O4. The molecule has 0 aliphatic heterocycles. The number of hydrogen-bond acceptors (Lipinski definition) is 5. The van der Waals surface area contributed by atoms with E-state index in [-0.39, 0.29) is 12.3 Å². The topological polar surface area (TPSA) is 73.6 Å². The van der Waals surface area contributed by atoms with Crippen LogP contribution in [-0.4, -0.2) is 11.5 Å². The van der Waals surface area contributed by atoms with Crippen molar-refractivity contribution in [3.8, 4) is 11.5 Å². The fourth-order valence-electron chi connectivity index (χ4n) is 2.80. The fraction of sp³-hybridized carbons (Fsp3) is 0.182. The molecule has 6 nitrogen and oxygen atoms in total. The molecule has 0 aromatic heterocycles. The van der Waals surface area contributed by atoms with Crippen LogP contribution < -0.4 is 14.8 Å². The van der Waals surface area contributed by atoms with E-state index in [0.29, 0.717) is 29.7 Å². The molecule has 0 spiro atoms. The Bertz CT molecular complexity index is 1030. The van der Waals surface area contributed by atoms with Crippen molar-refractivity contribution in [3.05, 3.63) is 90.5 Å². The maximum absolute atomic E-state index is 10.8. The number of non-ortho nitro benzene ring substituents is 1. The summed E-state index contributed by atoms with van der Waals surface area (Å²) >= 11 is 8.43. The van der Waals surface area contributed by atoms with Gasteiger partial charge >= 0.3 is 0 Å². The van der Waals surface area contributed by atoms with Crippen LogP contribution in [0.1, 0.15) is 18.1 Å². The molecule has 30 heavy (non-hydrogen) atoms. The van der Waals surface area contributed by atoms with Crippen LogP contribution >= 0.6 is 34.2 Å². The summed E-state index contributed by atoms with van der Waals surface area (Å²) < 4.78 is 12.7. The van der Waals surface area contributed by atoms with E-state index in [0.717, 1.165) is 20.4 Å². The van der Waals surface area contributed by atoms with Crippen LogP contribution in [-0.2, 0) is 13.2 Å². The molecule has 0 unspecified atom stereocenters. The molecular weight excluding hydrogens is 519 g/mol. The molecule has 1 N–H and O–H groups in total. The van der Waals surface area contributed by atoms with Crippen molar-refractivity contribution in [3.63, 3.8) is 0 Å². The highest BCUT2D eigenvalue weighted by atomic mass is 127. The van der Waals surface area contributed by atoms with E-state index in [9.17, 15) is 10.1 Å². The average Bonchev–Trinajstić information content (AvgIpc) is 2.73. The zero-order valence-electron chi connectivity index (χ0n) is 16.2. The number of para-hydroxylation sites is 1. The highest BCUT2D eigenvalue weighted by Gasteiger charge is 2.13. The zero-order chi connectivity index (χ0) is 21.5. The summed E-state index contributed by atoms with van der Waals surface area (Å²) in [4.78, 5) is 10.4. The number of rotatable bonds is 9. The first-order chi connectivity index (χ1) is 14.5. The first-order valence-electron chi connectivity index (χ1n) is 9.27. The number of benzene rings is 3. The van der Waals surface area contributed by atoms with Gasteiger partial charge in [-0.05, 0) is 77.0 Å². The van der Waals surface area contributed by atoms with Crippen LogP contribution in [0.15, 0.2) is 60.7 Å². The van der Waals surface area contributed by atoms with E-state index < -0.39 is 4.92 Å². The molecule has 3 aromatic rings. The number of nitro groups is 1. The molecule has 0 saturated heterocycles. The van der Waals surface area contributed by atoms with Gasteiger partial charge in [0.05, 0.1) is 25.8 Å². The van der Waals surface area contributed by atoms with Crippen molar-refractivity contribution in [1.29, 1.82) is 0 Å². The Kier molecular flexibility index (Phi) is 7.75. The molecule has 8 heteroatoms. The third kappa shape index (κ3) is 5.76. The highest BCUT2D eigenvalue weighted by Crippen LogP contribution is 2.35. The molecule has 0 amide bonds. The Morgan fingerprint density at radius 2 is 1.80 bits per heavy atom. The first kappa shape index (κ1) is 22.2. The molecule has 0 radical (unpaired) electrons. The van der Waals surface area contributed by atoms with Crippen LogP contribution in [0.2, 0.25) is 5.02 Å². The number of nitrogens with one attached hydrogen (secondary N) is 1. The number of nitrogens with zero attached hydrogens (tertiary/aromatic N) is 1. The van der Waals surface area contributed by atoms with Gasteiger partial charge in [-0.2, -0.15) is 0 Å². The third-order valence-electron chi connectivity index (χ3n) is 4.26. The Morgan fingerprint density at radius 1 is 1.07 bits per heavy atom. The van der Waals surface area contributed by atoms with Crippen molar-refractivity contribution in [2.24, 2.45) is 0 Å². The Balaban J connectivity index is 1.74. The number of nitro benzene ring substituents is 1. The monoisotopic (exact) mass is 538 g/mol. The lowest BCUT2D eigenvalue weighted by Crippen LogP contribution is -2.05. The van der Waals surface area contributed by atoms with Gasteiger partial charge in [0.2, 0.25) is 0 Å². The normalized spacial score (nSPS) is 10.5. The third-order valence-corrected chi connectivity index (χ3v) is 5.39. The van der Waals surface area contributed by atoms with Crippen molar-refractivity contribution >= 4 is 45.6 Å². The minimum Gasteiger partial charge on any atom is -0.490 e. The van der Waals surface area contributed by atoms with Crippen LogP contribution in [0.25, 0.3) is 0 Å². The average molecular weight is 539 g/mol. The van der Waals surface area contributed by atoms with Gasteiger partial charge in [0.15, 0.2) is 11.5 Å². The summed E-state index contributed by atoms with van der Waals surface area (Å²) in [5.74, 6) is 1.31.